The minimum absolute atomic E-state index is 0.112. The summed E-state index contributed by atoms with van der Waals surface area (Å²) >= 11 is 0. The minimum Gasteiger partial charge on any atom is -0.497 e. The number of nitrogens with one attached hydrogen (secondary N) is 1. The molecule has 1 aliphatic rings. The molecule has 1 unspecified atom stereocenters. The van der Waals surface area contributed by atoms with Gasteiger partial charge in [-0.15, -0.1) is 0 Å². The van der Waals surface area contributed by atoms with E-state index in [1.807, 2.05) is 25.1 Å². The lowest BCUT2D eigenvalue weighted by Gasteiger charge is -2.30. The van der Waals surface area contributed by atoms with Crippen molar-refractivity contribution < 1.29 is 19.1 Å². The smallest absolute Gasteiger partial charge is 0.257 e. The number of carbonyl (C=O) groups excluding carboxylic acids is 2. The number of aromatic nitrogens is 3. The van der Waals surface area contributed by atoms with Gasteiger partial charge in [-0.05, 0) is 37.6 Å². The molecule has 0 radical (unpaired) electrons. The van der Waals surface area contributed by atoms with Crippen LogP contribution in [0.3, 0.4) is 0 Å². The average molecular weight is 450 g/mol. The number of H-pyrrole nitrogens is 1. The van der Waals surface area contributed by atoms with Crippen molar-refractivity contribution in [2.75, 3.05) is 33.9 Å². The molecule has 0 bridgehead atoms. The molecule has 1 aliphatic heterocycles. The number of amides is 2. The molecule has 2 aromatic carbocycles. The monoisotopic (exact) mass is 449 g/mol. The molecule has 1 N–H and O–H groups in total. The van der Waals surface area contributed by atoms with Gasteiger partial charge in [0.1, 0.15) is 23.4 Å². The van der Waals surface area contributed by atoms with Crippen LogP contribution in [0.2, 0.25) is 0 Å². The molecule has 172 valence electrons. The van der Waals surface area contributed by atoms with E-state index >= 15 is 0 Å². The second-order valence-electron chi connectivity index (χ2n) is 7.83. The fraction of sp³-hybridized carbons (Fsp3) is 0.333. The number of carbonyl (C=O) groups is 2. The normalized spacial score (nSPS) is 16.3. The zero-order valence-corrected chi connectivity index (χ0v) is 18.9. The standard InChI is InChI=1S/C24H27N5O4/c1-16-25-22(27-26-16)20-15-28(24(31)19-11-10-18(32-2)14-21(19)33-3)12-7-13-29(20)23(30)17-8-5-4-6-9-17/h4-6,8-11,14,20H,7,12-13,15H2,1-3H3,(H,25,26,27). The highest BCUT2D eigenvalue weighted by atomic mass is 16.5. The largest absolute Gasteiger partial charge is 0.497 e. The zero-order chi connectivity index (χ0) is 23.4. The van der Waals surface area contributed by atoms with Crippen molar-refractivity contribution in [3.63, 3.8) is 0 Å². The molecule has 2 amide bonds. The molecule has 33 heavy (non-hydrogen) atoms. The second kappa shape index (κ2) is 9.72. The average Bonchev–Trinajstić information content (AvgIpc) is 3.16. The van der Waals surface area contributed by atoms with Gasteiger partial charge in [0.05, 0.1) is 19.8 Å². The Bertz CT molecular complexity index is 1130. The lowest BCUT2D eigenvalue weighted by Crippen LogP contribution is -2.40. The van der Waals surface area contributed by atoms with Crippen molar-refractivity contribution in [3.8, 4) is 11.5 Å². The highest BCUT2D eigenvalue weighted by Gasteiger charge is 2.35. The van der Waals surface area contributed by atoms with Gasteiger partial charge in [-0.3, -0.25) is 14.7 Å². The third-order valence-electron chi connectivity index (χ3n) is 5.72. The van der Waals surface area contributed by atoms with E-state index in [1.54, 1.807) is 47.2 Å². The lowest BCUT2D eigenvalue weighted by molar-refractivity contribution is 0.0621. The van der Waals surface area contributed by atoms with E-state index in [-0.39, 0.29) is 18.4 Å². The van der Waals surface area contributed by atoms with Crippen LogP contribution in [0.1, 0.15) is 44.8 Å². The predicted molar refractivity (Wildman–Crippen MR) is 121 cm³/mol. The molecule has 9 nitrogen and oxygen atoms in total. The zero-order valence-electron chi connectivity index (χ0n) is 18.9. The molecule has 1 aromatic heterocycles. The van der Waals surface area contributed by atoms with Crippen LogP contribution in [0.25, 0.3) is 0 Å². The first-order valence-electron chi connectivity index (χ1n) is 10.8. The maximum atomic E-state index is 13.5. The Balaban J connectivity index is 1.66. The highest BCUT2D eigenvalue weighted by Crippen LogP contribution is 2.29. The second-order valence-corrected chi connectivity index (χ2v) is 7.83. The van der Waals surface area contributed by atoms with E-state index in [0.29, 0.717) is 53.8 Å². The van der Waals surface area contributed by atoms with E-state index in [1.165, 1.54) is 7.11 Å². The van der Waals surface area contributed by atoms with Crippen molar-refractivity contribution in [2.24, 2.45) is 0 Å². The number of nitrogens with zero attached hydrogens (tertiary/aromatic N) is 4. The first-order chi connectivity index (χ1) is 16.0. The minimum atomic E-state index is -0.488. The fourth-order valence-corrected chi connectivity index (χ4v) is 4.04. The number of hydrogen-bond acceptors (Lipinski definition) is 6. The maximum Gasteiger partial charge on any atom is 0.257 e. The Morgan fingerprint density at radius 1 is 1.03 bits per heavy atom. The number of aromatic amines is 1. The van der Waals surface area contributed by atoms with Crippen LogP contribution in [0.4, 0.5) is 0 Å². The molecule has 4 rings (SSSR count). The van der Waals surface area contributed by atoms with Crippen LogP contribution in [0.5, 0.6) is 11.5 Å². The van der Waals surface area contributed by atoms with Gasteiger partial charge in [0.15, 0.2) is 5.82 Å². The Hall–Kier alpha value is -3.88. The molecular weight excluding hydrogens is 422 g/mol. The van der Waals surface area contributed by atoms with Crippen molar-refractivity contribution in [1.29, 1.82) is 0 Å². The van der Waals surface area contributed by atoms with E-state index in [2.05, 4.69) is 15.2 Å². The summed E-state index contributed by atoms with van der Waals surface area (Å²) in [6, 6.07) is 13.8. The van der Waals surface area contributed by atoms with E-state index in [4.69, 9.17) is 9.47 Å². The molecule has 1 saturated heterocycles. The molecule has 9 heteroatoms. The molecule has 1 fully saturated rings. The van der Waals surface area contributed by atoms with Crippen LogP contribution >= 0.6 is 0 Å². The summed E-state index contributed by atoms with van der Waals surface area (Å²) in [4.78, 5) is 34.9. The third-order valence-corrected chi connectivity index (χ3v) is 5.72. The molecule has 1 atom stereocenters. The first kappa shape index (κ1) is 22.3. The van der Waals surface area contributed by atoms with Gasteiger partial charge in [-0.2, -0.15) is 5.10 Å². The summed E-state index contributed by atoms with van der Waals surface area (Å²) in [6.07, 6.45) is 0.628. The summed E-state index contributed by atoms with van der Waals surface area (Å²) < 4.78 is 10.7. The van der Waals surface area contributed by atoms with Gasteiger partial charge in [0, 0.05) is 31.3 Å². The van der Waals surface area contributed by atoms with Crippen LogP contribution in [0.15, 0.2) is 48.5 Å². The third kappa shape index (κ3) is 4.67. The van der Waals surface area contributed by atoms with Gasteiger partial charge in [-0.25, -0.2) is 4.98 Å². The lowest BCUT2D eigenvalue weighted by atomic mass is 10.1. The molecule has 0 aliphatic carbocycles. The Morgan fingerprint density at radius 2 is 1.82 bits per heavy atom. The van der Waals surface area contributed by atoms with Crippen LogP contribution in [0, 0.1) is 6.92 Å². The summed E-state index contributed by atoms with van der Waals surface area (Å²) in [7, 11) is 3.08. The van der Waals surface area contributed by atoms with Gasteiger partial charge >= 0.3 is 0 Å². The topological polar surface area (TPSA) is 101 Å². The predicted octanol–water partition coefficient (Wildman–Crippen LogP) is 2.86. The van der Waals surface area contributed by atoms with Crippen molar-refractivity contribution in [3.05, 3.63) is 71.3 Å². The van der Waals surface area contributed by atoms with Crippen molar-refractivity contribution in [1.82, 2.24) is 25.0 Å². The van der Waals surface area contributed by atoms with Crippen molar-refractivity contribution >= 4 is 11.8 Å². The van der Waals surface area contributed by atoms with E-state index < -0.39 is 6.04 Å². The van der Waals surface area contributed by atoms with Gasteiger partial charge in [0.25, 0.3) is 11.8 Å². The van der Waals surface area contributed by atoms with Gasteiger partial charge in [0.2, 0.25) is 0 Å². The van der Waals surface area contributed by atoms with Gasteiger partial charge in [-0.1, -0.05) is 18.2 Å². The van der Waals surface area contributed by atoms with E-state index in [0.717, 1.165) is 0 Å². The maximum absolute atomic E-state index is 13.5. The van der Waals surface area contributed by atoms with E-state index in [9.17, 15) is 9.59 Å². The summed E-state index contributed by atoms with van der Waals surface area (Å²) in [5, 5.41) is 7.18. The molecule has 0 spiro atoms. The quantitative estimate of drug-likeness (QED) is 0.643. The van der Waals surface area contributed by atoms with Gasteiger partial charge < -0.3 is 19.3 Å². The molecular formula is C24H27N5O4. The SMILES string of the molecule is COc1ccc(C(=O)N2CCCN(C(=O)c3ccccc3)C(c3n[nH]c(C)n3)C2)c(OC)c1. The number of ether oxygens (including phenoxy) is 2. The first-order valence-corrected chi connectivity index (χ1v) is 10.8. The van der Waals surface area contributed by atoms with Crippen molar-refractivity contribution in [2.45, 2.75) is 19.4 Å². The highest BCUT2D eigenvalue weighted by molar-refractivity contribution is 5.97. The van der Waals surface area contributed by atoms with Crippen LogP contribution in [-0.4, -0.2) is 70.6 Å². The molecule has 2 heterocycles. The molecule has 0 saturated carbocycles. The number of hydrogen-bond donors (Lipinski definition) is 1. The number of benzene rings is 2. The Morgan fingerprint density at radius 3 is 2.48 bits per heavy atom. The summed E-state index contributed by atoms with van der Waals surface area (Å²) in [6.45, 7) is 3.05. The van der Waals surface area contributed by atoms with Crippen LogP contribution < -0.4 is 9.47 Å². The number of rotatable bonds is 5. The summed E-state index contributed by atoms with van der Waals surface area (Å²) in [5.41, 5.74) is 1.03. The number of aryl methyl sites for hydroxylation is 1. The molecule has 3 aromatic rings. The summed E-state index contributed by atoms with van der Waals surface area (Å²) in [5.74, 6) is 1.88. The van der Waals surface area contributed by atoms with Crippen LogP contribution in [-0.2, 0) is 0 Å². The fourth-order valence-electron chi connectivity index (χ4n) is 4.04. The number of methoxy groups -OCH3 is 2. The Labute approximate surface area is 192 Å². The Kier molecular flexibility index (Phi) is 6.58.